The van der Waals surface area contributed by atoms with Crippen LogP contribution in [0.1, 0.15) is 12.8 Å². The molecule has 1 aliphatic rings. The molecule has 2 N–H and O–H groups in total. The molecule has 0 saturated carbocycles. The Morgan fingerprint density at radius 2 is 1.97 bits per heavy atom. The van der Waals surface area contributed by atoms with E-state index in [-0.39, 0.29) is 5.91 Å². The van der Waals surface area contributed by atoms with Crippen LogP contribution >= 0.6 is 0 Å². The predicted molar refractivity (Wildman–Crippen MR) is 106 cm³/mol. The van der Waals surface area contributed by atoms with Crippen molar-refractivity contribution < 1.29 is 9.53 Å². The molecule has 3 heterocycles. The van der Waals surface area contributed by atoms with Gasteiger partial charge in [-0.25, -0.2) is 9.67 Å². The molecular weight excluding hydrogens is 370 g/mol. The van der Waals surface area contributed by atoms with Crippen LogP contribution in [0.25, 0.3) is 22.4 Å². The summed E-state index contributed by atoms with van der Waals surface area (Å²) in [6, 6.07) is 15.5. The number of nitrogens with zero attached hydrogens (tertiary/aromatic N) is 5. The molecule has 1 saturated heterocycles. The summed E-state index contributed by atoms with van der Waals surface area (Å²) in [7, 11) is 0. The molecule has 2 aromatic heterocycles. The average molecular weight is 389 g/mol. The third-order valence-electron chi connectivity index (χ3n) is 5.32. The van der Waals surface area contributed by atoms with E-state index in [9.17, 15) is 4.79 Å². The second-order valence-electron chi connectivity index (χ2n) is 7.04. The summed E-state index contributed by atoms with van der Waals surface area (Å²) in [6.07, 6.45) is 2.50. The highest BCUT2D eigenvalue weighted by molar-refractivity contribution is 5.98. The maximum atomic E-state index is 13.2. The fraction of sp³-hybridized carbons (Fsp3) is 0.250. The van der Waals surface area contributed by atoms with Gasteiger partial charge in [-0.05, 0) is 28.6 Å². The zero-order valence-corrected chi connectivity index (χ0v) is 15.6. The van der Waals surface area contributed by atoms with E-state index in [1.54, 1.807) is 0 Å². The monoisotopic (exact) mass is 389 g/mol. The van der Waals surface area contributed by atoms with Gasteiger partial charge in [0.05, 0.1) is 11.0 Å². The first kappa shape index (κ1) is 17.5. The van der Waals surface area contributed by atoms with Gasteiger partial charge in [0.2, 0.25) is 0 Å². The fourth-order valence-electron chi connectivity index (χ4n) is 3.69. The predicted octanol–water partition coefficient (Wildman–Crippen LogP) is 2.36. The van der Waals surface area contributed by atoms with Crippen molar-refractivity contribution in [2.24, 2.45) is 0 Å². The van der Waals surface area contributed by atoms with Gasteiger partial charge in [0.25, 0.3) is 5.91 Å². The number of rotatable bonds is 4. The minimum atomic E-state index is -0.861. The Hall–Kier alpha value is -3.59. The Morgan fingerprint density at radius 3 is 2.72 bits per heavy atom. The van der Waals surface area contributed by atoms with Crippen molar-refractivity contribution in [2.75, 3.05) is 18.5 Å². The number of amides is 1. The van der Waals surface area contributed by atoms with E-state index in [1.807, 2.05) is 48.5 Å². The molecule has 146 valence electrons. The molecule has 9 nitrogen and oxygen atoms in total. The van der Waals surface area contributed by atoms with Gasteiger partial charge in [-0.3, -0.25) is 4.79 Å². The highest BCUT2D eigenvalue weighted by Crippen LogP contribution is 2.30. The van der Waals surface area contributed by atoms with Crippen LogP contribution in [0.5, 0.6) is 0 Å². The topological polar surface area (TPSA) is 111 Å². The van der Waals surface area contributed by atoms with Gasteiger partial charge in [0, 0.05) is 37.3 Å². The van der Waals surface area contributed by atoms with Crippen LogP contribution in [0.3, 0.4) is 0 Å². The molecule has 4 aromatic rings. The minimum Gasteiger partial charge on any atom is -0.381 e. The largest absolute Gasteiger partial charge is 0.381 e. The third-order valence-corrected chi connectivity index (χ3v) is 5.32. The van der Waals surface area contributed by atoms with E-state index in [1.165, 1.54) is 11.0 Å². The van der Waals surface area contributed by atoms with Crippen LogP contribution in [0.4, 0.5) is 5.69 Å². The summed E-state index contributed by atoms with van der Waals surface area (Å²) >= 11 is 0. The van der Waals surface area contributed by atoms with Crippen molar-refractivity contribution in [3.05, 3.63) is 54.9 Å². The van der Waals surface area contributed by atoms with Crippen LogP contribution < -0.4 is 5.32 Å². The molecule has 0 radical (unpaired) electrons. The quantitative estimate of drug-likeness (QED) is 0.554. The number of hydrogen-bond donors (Lipinski definition) is 2. The van der Waals surface area contributed by atoms with Gasteiger partial charge >= 0.3 is 0 Å². The normalized spacial score (nSPS) is 16.0. The lowest BCUT2D eigenvalue weighted by atomic mass is 9.89. The second-order valence-corrected chi connectivity index (χ2v) is 7.04. The SMILES string of the molecule is O=C(Nc1ccc2nc(-c3ccccc3)[nH]c2c1)C1(n2cnnn2)CCOCC1. The zero-order valence-electron chi connectivity index (χ0n) is 15.6. The molecule has 2 aromatic carbocycles. The van der Waals surface area contributed by atoms with Crippen LogP contribution in [0.15, 0.2) is 54.9 Å². The number of aromatic nitrogens is 6. The maximum absolute atomic E-state index is 13.2. The Labute approximate surface area is 166 Å². The van der Waals surface area contributed by atoms with E-state index in [0.29, 0.717) is 31.7 Å². The molecule has 1 aliphatic heterocycles. The highest BCUT2D eigenvalue weighted by atomic mass is 16.5. The number of ether oxygens (including phenoxy) is 1. The zero-order chi connectivity index (χ0) is 19.7. The molecule has 29 heavy (non-hydrogen) atoms. The first-order chi connectivity index (χ1) is 14.2. The lowest BCUT2D eigenvalue weighted by molar-refractivity contribution is -0.130. The summed E-state index contributed by atoms with van der Waals surface area (Å²) in [4.78, 5) is 21.2. The number of aromatic amines is 1. The van der Waals surface area contributed by atoms with E-state index < -0.39 is 5.54 Å². The minimum absolute atomic E-state index is 0.157. The molecular formula is C20H19N7O2. The van der Waals surface area contributed by atoms with Gasteiger partial charge in [0.15, 0.2) is 0 Å². The Kier molecular flexibility index (Phi) is 4.28. The number of imidazole rings is 1. The molecule has 1 amide bonds. The number of fused-ring (bicyclic) bond motifs is 1. The van der Waals surface area contributed by atoms with Gasteiger partial charge < -0.3 is 15.0 Å². The maximum Gasteiger partial charge on any atom is 0.252 e. The lowest BCUT2D eigenvalue weighted by Gasteiger charge is -2.34. The Bertz CT molecular complexity index is 1130. The number of anilines is 1. The number of benzene rings is 2. The number of nitrogens with one attached hydrogen (secondary N) is 2. The van der Waals surface area contributed by atoms with E-state index >= 15 is 0 Å². The van der Waals surface area contributed by atoms with Crippen LogP contribution in [0, 0.1) is 0 Å². The van der Waals surface area contributed by atoms with Crippen LogP contribution in [-0.2, 0) is 15.1 Å². The second kappa shape index (κ2) is 7.10. The van der Waals surface area contributed by atoms with Gasteiger partial charge in [-0.1, -0.05) is 30.3 Å². The fourth-order valence-corrected chi connectivity index (χ4v) is 3.69. The van der Waals surface area contributed by atoms with E-state index in [4.69, 9.17) is 4.74 Å². The van der Waals surface area contributed by atoms with E-state index in [2.05, 4.69) is 30.8 Å². The Balaban J connectivity index is 1.44. The molecule has 5 rings (SSSR count). The molecule has 0 aliphatic carbocycles. The molecule has 0 unspecified atom stereocenters. The van der Waals surface area contributed by atoms with Crippen molar-refractivity contribution >= 4 is 22.6 Å². The third kappa shape index (κ3) is 3.15. The first-order valence-electron chi connectivity index (χ1n) is 9.42. The van der Waals surface area contributed by atoms with Crippen LogP contribution in [0.2, 0.25) is 0 Å². The standard InChI is InChI=1S/C20H19N7O2/c28-19(20(8-10-29-11-9-20)27-13-21-25-26-27)22-15-6-7-16-17(12-15)24-18(23-16)14-4-2-1-3-5-14/h1-7,12-13H,8-11H2,(H,22,28)(H,23,24). The highest BCUT2D eigenvalue weighted by Gasteiger charge is 2.43. The number of tetrazole rings is 1. The Morgan fingerprint density at radius 1 is 1.14 bits per heavy atom. The summed E-state index contributed by atoms with van der Waals surface area (Å²) < 4.78 is 6.99. The molecule has 0 bridgehead atoms. The number of H-pyrrole nitrogens is 1. The summed E-state index contributed by atoms with van der Waals surface area (Å²) in [5.74, 6) is 0.633. The average Bonchev–Trinajstić information content (AvgIpc) is 3.45. The number of carbonyl (C=O) groups excluding carboxylic acids is 1. The summed E-state index contributed by atoms with van der Waals surface area (Å²) in [5, 5.41) is 14.4. The van der Waals surface area contributed by atoms with Crippen LogP contribution in [-0.4, -0.2) is 49.3 Å². The van der Waals surface area contributed by atoms with Gasteiger partial charge in [-0.15, -0.1) is 5.10 Å². The van der Waals surface area contributed by atoms with Crippen molar-refractivity contribution in [1.82, 2.24) is 30.2 Å². The van der Waals surface area contributed by atoms with Gasteiger partial charge in [-0.2, -0.15) is 0 Å². The van der Waals surface area contributed by atoms with Crippen molar-refractivity contribution in [2.45, 2.75) is 18.4 Å². The molecule has 0 spiro atoms. The van der Waals surface area contributed by atoms with Gasteiger partial charge in [0.1, 0.15) is 17.7 Å². The summed E-state index contributed by atoms with van der Waals surface area (Å²) in [6.45, 7) is 0.959. The molecule has 0 atom stereocenters. The summed E-state index contributed by atoms with van der Waals surface area (Å²) in [5.41, 5.74) is 2.52. The van der Waals surface area contributed by atoms with Crippen molar-refractivity contribution in [3.63, 3.8) is 0 Å². The van der Waals surface area contributed by atoms with Crippen molar-refractivity contribution in [3.8, 4) is 11.4 Å². The number of hydrogen-bond acceptors (Lipinski definition) is 6. The number of carbonyl (C=O) groups is 1. The van der Waals surface area contributed by atoms with Crippen molar-refractivity contribution in [1.29, 1.82) is 0 Å². The molecule has 1 fully saturated rings. The first-order valence-corrected chi connectivity index (χ1v) is 9.42. The van der Waals surface area contributed by atoms with E-state index in [0.717, 1.165) is 22.4 Å². The smallest absolute Gasteiger partial charge is 0.252 e. The molecule has 9 heteroatoms. The lowest BCUT2D eigenvalue weighted by Crippen LogP contribution is -2.49.